The monoisotopic (exact) mass is 589 g/mol. The number of carbonyl (C=O) groups excluding carboxylic acids is 1. The molecule has 0 aromatic heterocycles. The van der Waals surface area contributed by atoms with Gasteiger partial charge in [0.25, 0.3) is 0 Å². The van der Waals surface area contributed by atoms with Crippen LogP contribution in [0.5, 0.6) is 0 Å². The number of fused-ring (bicyclic) bond motifs is 7. The third-order valence-corrected chi connectivity index (χ3v) is 14.6. The number of rotatable bonds is 5. The summed E-state index contributed by atoms with van der Waals surface area (Å²) in [6, 6.07) is 6.58. The first-order chi connectivity index (χ1) is 20.1. The Balaban J connectivity index is 1.31. The fraction of sp³-hybridized carbons (Fsp3) is 0.703. The van der Waals surface area contributed by atoms with E-state index >= 15 is 0 Å². The molecule has 4 saturated carbocycles. The Morgan fingerprint density at radius 1 is 0.814 bits per heavy atom. The third kappa shape index (κ3) is 4.13. The number of carboxylic acids is 2. The molecule has 3 N–H and O–H groups in total. The summed E-state index contributed by atoms with van der Waals surface area (Å²) in [5, 5.41) is 21.8. The van der Waals surface area contributed by atoms with Gasteiger partial charge in [0, 0.05) is 0 Å². The highest BCUT2D eigenvalue weighted by Crippen LogP contribution is 2.77. The van der Waals surface area contributed by atoms with Gasteiger partial charge in [-0.3, -0.25) is 9.59 Å². The van der Waals surface area contributed by atoms with Crippen LogP contribution in [0, 0.1) is 50.7 Å². The topological polar surface area (TPSA) is 104 Å². The maximum Gasteiger partial charge on any atom is 0.335 e. The van der Waals surface area contributed by atoms with Crippen molar-refractivity contribution in [2.24, 2.45) is 50.7 Å². The van der Waals surface area contributed by atoms with Crippen LogP contribution in [0.25, 0.3) is 5.57 Å². The van der Waals surface area contributed by atoms with E-state index in [9.17, 15) is 24.6 Å². The smallest absolute Gasteiger partial charge is 0.335 e. The van der Waals surface area contributed by atoms with Crippen LogP contribution in [-0.2, 0) is 9.59 Å². The molecule has 9 atom stereocenters. The number of aliphatic carboxylic acids is 1. The first kappa shape index (κ1) is 30.4. The van der Waals surface area contributed by atoms with E-state index in [1.165, 1.54) is 24.8 Å². The Bertz CT molecular complexity index is 1360. The van der Waals surface area contributed by atoms with Gasteiger partial charge in [0.15, 0.2) is 0 Å². The molecule has 4 fully saturated rings. The number of allylic oxidation sites excluding steroid dienone is 2. The van der Waals surface area contributed by atoms with E-state index in [0.717, 1.165) is 50.5 Å². The van der Waals surface area contributed by atoms with Crippen LogP contribution in [-0.4, -0.2) is 34.1 Å². The second-order valence-corrected chi connectivity index (χ2v) is 16.3. The van der Waals surface area contributed by atoms with Crippen molar-refractivity contribution < 1.29 is 24.6 Å². The average Bonchev–Trinajstić information content (AvgIpc) is 3.39. The minimum absolute atomic E-state index is 0.0158. The zero-order chi connectivity index (χ0) is 31.2. The van der Waals surface area contributed by atoms with Gasteiger partial charge >= 0.3 is 11.9 Å². The largest absolute Gasteiger partial charge is 0.480 e. The van der Waals surface area contributed by atoms with Gasteiger partial charge in [0.2, 0.25) is 5.91 Å². The Hall–Kier alpha value is -2.63. The molecule has 6 rings (SSSR count). The molecule has 43 heavy (non-hydrogen) atoms. The van der Waals surface area contributed by atoms with Crippen LogP contribution >= 0.6 is 0 Å². The van der Waals surface area contributed by atoms with E-state index in [0.29, 0.717) is 29.2 Å². The number of nitrogens with one attached hydrogen (secondary N) is 1. The van der Waals surface area contributed by atoms with Gasteiger partial charge in [-0.05, 0) is 133 Å². The summed E-state index contributed by atoms with van der Waals surface area (Å²) < 4.78 is 0. The highest BCUT2D eigenvalue weighted by molar-refractivity contribution is 5.89. The molecule has 234 valence electrons. The zero-order valence-corrected chi connectivity index (χ0v) is 27.0. The average molecular weight is 590 g/mol. The zero-order valence-electron chi connectivity index (χ0n) is 27.0. The van der Waals surface area contributed by atoms with E-state index < -0.39 is 23.4 Å². The van der Waals surface area contributed by atoms with Crippen LogP contribution in [0.1, 0.15) is 122 Å². The number of amides is 1. The summed E-state index contributed by atoms with van der Waals surface area (Å²) >= 11 is 0. The van der Waals surface area contributed by atoms with E-state index in [1.807, 2.05) is 12.1 Å². The van der Waals surface area contributed by atoms with Crippen LogP contribution in [0.2, 0.25) is 0 Å². The van der Waals surface area contributed by atoms with Crippen LogP contribution < -0.4 is 5.32 Å². The second-order valence-electron chi connectivity index (χ2n) is 16.3. The van der Waals surface area contributed by atoms with Crippen molar-refractivity contribution in [3.63, 3.8) is 0 Å². The highest BCUT2D eigenvalue weighted by Gasteiger charge is 2.70. The summed E-state index contributed by atoms with van der Waals surface area (Å²) in [7, 11) is 0. The lowest BCUT2D eigenvalue weighted by molar-refractivity contribution is -0.222. The summed E-state index contributed by atoms with van der Waals surface area (Å²) in [6.07, 6.45) is 13.2. The van der Waals surface area contributed by atoms with E-state index in [1.54, 1.807) is 19.1 Å². The molecule has 1 aromatic carbocycles. The Morgan fingerprint density at radius 2 is 1.51 bits per heavy atom. The van der Waals surface area contributed by atoms with Gasteiger partial charge in [0.05, 0.1) is 11.0 Å². The van der Waals surface area contributed by atoms with Crippen molar-refractivity contribution in [3.05, 3.63) is 41.5 Å². The van der Waals surface area contributed by atoms with Crippen LogP contribution in [0.3, 0.4) is 0 Å². The van der Waals surface area contributed by atoms with Crippen molar-refractivity contribution in [2.45, 2.75) is 112 Å². The normalized spacial score (nSPS) is 41.9. The molecule has 1 amide bonds. The standard InChI is InChI=1S/C37H51NO5/c1-22(30(39)40)38-32(43)37-17-7-8-27(37)26-13-14-29-34(4)18-15-25(23-9-11-24(12-10-23)31(41)42)33(2,3)28(34)16-19-36(29,6)35(26,5)20-21-37/h9-12,15,22,26-29H,7-8,13-14,16-21H2,1-6H3,(H,38,43)(H,39,40)(H,41,42)/t22-,26+,27+,28-,29+,34-,35+,36+,37-/m0/s1. The van der Waals surface area contributed by atoms with Crippen molar-refractivity contribution >= 4 is 23.4 Å². The summed E-state index contributed by atoms with van der Waals surface area (Å²) in [6.45, 7) is 14.1. The maximum absolute atomic E-state index is 13.8. The van der Waals surface area contributed by atoms with Gasteiger partial charge in [-0.25, -0.2) is 4.79 Å². The molecular formula is C37H51NO5. The summed E-state index contributed by atoms with van der Waals surface area (Å²) in [5.41, 5.74) is 2.89. The predicted molar refractivity (Wildman–Crippen MR) is 167 cm³/mol. The number of hydrogen-bond acceptors (Lipinski definition) is 3. The third-order valence-electron chi connectivity index (χ3n) is 14.6. The molecule has 1 aromatic rings. The molecule has 5 aliphatic carbocycles. The molecule has 0 aliphatic heterocycles. The summed E-state index contributed by atoms with van der Waals surface area (Å²) in [5.74, 6) is 0.0849. The lowest BCUT2D eigenvalue weighted by atomic mass is 9.32. The van der Waals surface area contributed by atoms with Crippen molar-refractivity contribution in [2.75, 3.05) is 0 Å². The number of benzene rings is 1. The molecular weight excluding hydrogens is 538 g/mol. The molecule has 0 spiro atoms. The highest BCUT2D eigenvalue weighted by atomic mass is 16.4. The number of carbonyl (C=O) groups is 3. The molecule has 0 saturated heterocycles. The fourth-order valence-corrected chi connectivity index (χ4v) is 12.3. The van der Waals surface area contributed by atoms with Gasteiger partial charge in [-0.15, -0.1) is 0 Å². The Labute approximate surface area is 257 Å². The molecule has 6 heteroatoms. The summed E-state index contributed by atoms with van der Waals surface area (Å²) in [4.78, 5) is 36.8. The molecule has 5 aliphatic rings. The van der Waals surface area contributed by atoms with Crippen molar-refractivity contribution in [3.8, 4) is 0 Å². The SMILES string of the molecule is C[C@H](NC(=O)[C@]12CCC[C@@H]1[C@H]1CC[C@@H]3[C@@]4(C)CC=C(c5ccc(C(=O)O)cc5)C(C)(C)[C@@H]4CC[C@@]3(C)[C@]1(C)CC2)C(=O)O. The van der Waals surface area contributed by atoms with Gasteiger partial charge in [-0.1, -0.05) is 59.2 Å². The number of carboxylic acid groups (broad SMARTS) is 2. The molecule has 6 nitrogen and oxygen atoms in total. The Morgan fingerprint density at radius 3 is 2.16 bits per heavy atom. The first-order valence-electron chi connectivity index (χ1n) is 16.7. The van der Waals surface area contributed by atoms with Gasteiger partial charge in [-0.2, -0.15) is 0 Å². The van der Waals surface area contributed by atoms with Crippen LogP contribution in [0.15, 0.2) is 30.3 Å². The maximum atomic E-state index is 13.8. The minimum Gasteiger partial charge on any atom is -0.480 e. The number of aromatic carboxylic acids is 1. The van der Waals surface area contributed by atoms with Crippen molar-refractivity contribution in [1.29, 1.82) is 0 Å². The minimum atomic E-state index is -0.970. The number of hydrogen-bond donors (Lipinski definition) is 3. The molecule has 0 bridgehead atoms. The molecule has 0 heterocycles. The first-order valence-corrected chi connectivity index (χ1v) is 16.7. The lowest BCUT2D eigenvalue weighted by Gasteiger charge is -2.72. The van der Waals surface area contributed by atoms with Crippen molar-refractivity contribution in [1.82, 2.24) is 5.32 Å². The lowest BCUT2D eigenvalue weighted by Crippen LogP contribution is -2.66. The Kier molecular flexibility index (Phi) is 7.03. The predicted octanol–water partition coefficient (Wildman–Crippen LogP) is 7.82. The fourth-order valence-electron chi connectivity index (χ4n) is 12.3. The van der Waals surface area contributed by atoms with Gasteiger partial charge < -0.3 is 15.5 Å². The van der Waals surface area contributed by atoms with E-state index in [-0.39, 0.29) is 27.6 Å². The van der Waals surface area contributed by atoms with E-state index in [4.69, 9.17) is 0 Å². The van der Waals surface area contributed by atoms with Crippen LogP contribution in [0.4, 0.5) is 0 Å². The second kappa shape index (κ2) is 9.94. The molecule has 0 radical (unpaired) electrons. The quantitative estimate of drug-likeness (QED) is 0.325. The van der Waals surface area contributed by atoms with E-state index in [2.05, 4.69) is 46.0 Å². The molecule has 0 unspecified atom stereocenters. The van der Waals surface area contributed by atoms with Gasteiger partial charge in [0.1, 0.15) is 6.04 Å².